The van der Waals surface area contributed by atoms with Crippen molar-refractivity contribution in [1.29, 1.82) is 0 Å². The Balaban J connectivity index is 2.13. The van der Waals surface area contributed by atoms with E-state index in [0.29, 0.717) is 24.2 Å². The first-order chi connectivity index (χ1) is 12.6. The molecular weight excluding hydrogens is 335 g/mol. The molecule has 0 heterocycles. The summed E-state index contributed by atoms with van der Waals surface area (Å²) in [6.45, 7) is 4.28. The minimum absolute atomic E-state index is 0.0171. The first-order valence-electron chi connectivity index (χ1n) is 8.66. The van der Waals surface area contributed by atoms with Gasteiger partial charge in [0.1, 0.15) is 0 Å². The van der Waals surface area contributed by atoms with Gasteiger partial charge in [0.2, 0.25) is 0 Å². The van der Waals surface area contributed by atoms with Gasteiger partial charge in [0.25, 0.3) is 11.8 Å². The second-order valence-electron chi connectivity index (χ2n) is 5.74. The van der Waals surface area contributed by atoms with Gasteiger partial charge in [-0.3, -0.25) is 9.59 Å². The maximum atomic E-state index is 13.8. The van der Waals surface area contributed by atoms with Crippen LogP contribution < -0.4 is 15.4 Å². The first kappa shape index (κ1) is 19.4. The summed E-state index contributed by atoms with van der Waals surface area (Å²) >= 11 is 0. The van der Waals surface area contributed by atoms with Crippen molar-refractivity contribution in [3.63, 3.8) is 0 Å². The van der Waals surface area contributed by atoms with Crippen LogP contribution in [0.15, 0.2) is 48.5 Å². The number of carbonyl (C=O) groups is 2. The summed E-state index contributed by atoms with van der Waals surface area (Å²) in [5, 5.41) is 5.49. The molecule has 6 heteroatoms. The van der Waals surface area contributed by atoms with Gasteiger partial charge in [-0.25, -0.2) is 4.39 Å². The molecule has 0 unspecified atom stereocenters. The lowest BCUT2D eigenvalue weighted by atomic mass is 10.1. The molecule has 1 atom stereocenters. The zero-order valence-electron chi connectivity index (χ0n) is 14.9. The highest BCUT2D eigenvalue weighted by Crippen LogP contribution is 2.20. The Kier molecular flexibility index (Phi) is 7.14. The SMILES string of the molecule is CCCNC(=O)c1ccccc1NC(=O)[C@@H](CC)Oc1ccccc1F. The van der Waals surface area contributed by atoms with Gasteiger partial charge >= 0.3 is 0 Å². The van der Waals surface area contributed by atoms with Crippen LogP contribution in [0, 0.1) is 5.82 Å². The largest absolute Gasteiger partial charge is 0.478 e. The quantitative estimate of drug-likeness (QED) is 0.755. The fourth-order valence-corrected chi connectivity index (χ4v) is 2.35. The van der Waals surface area contributed by atoms with Gasteiger partial charge in [0.05, 0.1) is 11.3 Å². The van der Waals surface area contributed by atoms with E-state index in [1.54, 1.807) is 43.3 Å². The molecule has 0 spiro atoms. The predicted octanol–water partition coefficient (Wildman–Crippen LogP) is 3.76. The van der Waals surface area contributed by atoms with E-state index in [0.717, 1.165) is 6.42 Å². The zero-order valence-corrected chi connectivity index (χ0v) is 14.9. The Morgan fingerprint density at radius 2 is 1.77 bits per heavy atom. The molecule has 138 valence electrons. The van der Waals surface area contributed by atoms with Gasteiger partial charge in [-0.1, -0.05) is 38.1 Å². The smallest absolute Gasteiger partial charge is 0.265 e. The van der Waals surface area contributed by atoms with Gasteiger partial charge in [-0.15, -0.1) is 0 Å². The summed E-state index contributed by atoms with van der Waals surface area (Å²) in [5.41, 5.74) is 0.761. The molecule has 0 aromatic heterocycles. The average molecular weight is 358 g/mol. The molecule has 26 heavy (non-hydrogen) atoms. The number of anilines is 1. The van der Waals surface area contributed by atoms with E-state index in [1.807, 2.05) is 6.92 Å². The van der Waals surface area contributed by atoms with Crippen molar-refractivity contribution in [3.05, 3.63) is 59.9 Å². The number of carbonyl (C=O) groups excluding carboxylic acids is 2. The topological polar surface area (TPSA) is 67.4 Å². The van der Waals surface area contributed by atoms with E-state index in [1.165, 1.54) is 12.1 Å². The molecule has 0 bridgehead atoms. The molecule has 0 aliphatic rings. The Labute approximate surface area is 152 Å². The predicted molar refractivity (Wildman–Crippen MR) is 98.8 cm³/mol. The van der Waals surface area contributed by atoms with Gasteiger partial charge in [0, 0.05) is 6.54 Å². The van der Waals surface area contributed by atoms with Crippen molar-refractivity contribution >= 4 is 17.5 Å². The molecule has 2 rings (SSSR count). The van der Waals surface area contributed by atoms with E-state index in [2.05, 4.69) is 10.6 Å². The molecule has 0 aliphatic carbocycles. The average Bonchev–Trinajstić information content (AvgIpc) is 2.65. The second-order valence-corrected chi connectivity index (χ2v) is 5.74. The number of hydrogen-bond acceptors (Lipinski definition) is 3. The van der Waals surface area contributed by atoms with Crippen molar-refractivity contribution < 1.29 is 18.7 Å². The molecule has 2 aromatic rings. The van der Waals surface area contributed by atoms with Crippen LogP contribution >= 0.6 is 0 Å². The molecule has 2 amide bonds. The number of ether oxygens (including phenoxy) is 1. The number of para-hydroxylation sites is 2. The molecule has 2 N–H and O–H groups in total. The molecule has 0 saturated carbocycles. The standard InChI is InChI=1S/C20H23FN2O3/c1-3-13-22-19(24)14-9-5-7-11-16(14)23-20(25)17(4-2)26-18-12-8-6-10-15(18)21/h5-12,17H,3-4,13H2,1-2H3,(H,22,24)(H,23,25)/t17-/m1/s1. The highest BCUT2D eigenvalue weighted by Gasteiger charge is 2.21. The fraction of sp³-hybridized carbons (Fsp3) is 0.300. The lowest BCUT2D eigenvalue weighted by Gasteiger charge is -2.18. The number of nitrogens with one attached hydrogen (secondary N) is 2. The van der Waals surface area contributed by atoms with Crippen LogP contribution in [0.2, 0.25) is 0 Å². The minimum Gasteiger partial charge on any atom is -0.478 e. The minimum atomic E-state index is -0.876. The number of hydrogen-bond donors (Lipinski definition) is 2. The van der Waals surface area contributed by atoms with E-state index in [-0.39, 0.29) is 11.7 Å². The number of halogens is 1. The van der Waals surface area contributed by atoms with E-state index < -0.39 is 17.8 Å². The molecule has 0 radical (unpaired) electrons. The van der Waals surface area contributed by atoms with E-state index >= 15 is 0 Å². The lowest BCUT2D eigenvalue weighted by molar-refractivity contribution is -0.122. The Morgan fingerprint density at radius 1 is 1.08 bits per heavy atom. The maximum absolute atomic E-state index is 13.8. The van der Waals surface area contributed by atoms with Crippen molar-refractivity contribution in [1.82, 2.24) is 5.32 Å². The van der Waals surface area contributed by atoms with Crippen LogP contribution in [0.1, 0.15) is 37.0 Å². The highest BCUT2D eigenvalue weighted by atomic mass is 19.1. The van der Waals surface area contributed by atoms with Crippen molar-refractivity contribution in [2.45, 2.75) is 32.8 Å². The molecular formula is C20H23FN2O3. The molecule has 0 fully saturated rings. The van der Waals surface area contributed by atoms with Gasteiger partial charge < -0.3 is 15.4 Å². The summed E-state index contributed by atoms with van der Waals surface area (Å²) in [4.78, 5) is 24.8. The van der Waals surface area contributed by atoms with Crippen LogP contribution in [-0.2, 0) is 4.79 Å². The highest BCUT2D eigenvalue weighted by molar-refractivity contribution is 6.04. The first-order valence-corrected chi connectivity index (χ1v) is 8.66. The molecule has 5 nitrogen and oxygen atoms in total. The second kappa shape index (κ2) is 9.56. The van der Waals surface area contributed by atoms with E-state index in [9.17, 15) is 14.0 Å². The Bertz CT molecular complexity index is 764. The van der Waals surface area contributed by atoms with Crippen LogP contribution in [0.25, 0.3) is 0 Å². The number of rotatable bonds is 8. The van der Waals surface area contributed by atoms with Gasteiger partial charge in [0.15, 0.2) is 17.7 Å². The third-order valence-electron chi connectivity index (χ3n) is 3.73. The van der Waals surface area contributed by atoms with Crippen LogP contribution in [-0.4, -0.2) is 24.5 Å². The Hall–Kier alpha value is -2.89. The van der Waals surface area contributed by atoms with Crippen molar-refractivity contribution in [3.8, 4) is 5.75 Å². The molecule has 0 aliphatic heterocycles. The maximum Gasteiger partial charge on any atom is 0.265 e. The zero-order chi connectivity index (χ0) is 18.9. The fourth-order valence-electron chi connectivity index (χ4n) is 2.35. The lowest BCUT2D eigenvalue weighted by Crippen LogP contribution is -2.33. The molecule has 2 aromatic carbocycles. The van der Waals surface area contributed by atoms with Gasteiger partial charge in [-0.05, 0) is 37.1 Å². The van der Waals surface area contributed by atoms with Crippen LogP contribution in [0.3, 0.4) is 0 Å². The van der Waals surface area contributed by atoms with Crippen LogP contribution in [0.4, 0.5) is 10.1 Å². The summed E-state index contributed by atoms with van der Waals surface area (Å²) in [7, 11) is 0. The normalized spacial score (nSPS) is 11.5. The Morgan fingerprint density at radius 3 is 2.46 bits per heavy atom. The summed E-state index contributed by atoms with van der Waals surface area (Å²) in [5.74, 6) is -1.21. The summed E-state index contributed by atoms with van der Waals surface area (Å²) in [6.07, 6.45) is 0.289. The third-order valence-corrected chi connectivity index (χ3v) is 3.73. The molecule has 0 saturated heterocycles. The third kappa shape index (κ3) is 5.05. The van der Waals surface area contributed by atoms with Crippen molar-refractivity contribution in [2.75, 3.05) is 11.9 Å². The number of amides is 2. The van der Waals surface area contributed by atoms with Crippen molar-refractivity contribution in [2.24, 2.45) is 0 Å². The van der Waals surface area contributed by atoms with Gasteiger partial charge in [-0.2, -0.15) is 0 Å². The summed E-state index contributed by atoms with van der Waals surface area (Å²) < 4.78 is 19.3. The number of benzene rings is 2. The van der Waals surface area contributed by atoms with Crippen LogP contribution in [0.5, 0.6) is 5.75 Å². The summed E-state index contributed by atoms with van der Waals surface area (Å²) in [6, 6.07) is 12.7. The monoisotopic (exact) mass is 358 g/mol. The van der Waals surface area contributed by atoms with E-state index in [4.69, 9.17) is 4.74 Å².